The van der Waals surface area contributed by atoms with Gasteiger partial charge in [0.05, 0.1) is 6.20 Å². The summed E-state index contributed by atoms with van der Waals surface area (Å²) in [4.78, 5) is 12.1. The van der Waals surface area contributed by atoms with Crippen LogP contribution in [0.15, 0.2) is 6.20 Å². The minimum Gasteiger partial charge on any atom is -0.351 e. The Hall–Kier alpha value is -0.680. The topological polar surface area (TPSA) is 54.9 Å². The Labute approximate surface area is 98.2 Å². The Kier molecular flexibility index (Phi) is 4.47. The molecule has 1 N–H and O–H groups in total. The number of carbonyl (C=O) groups is 1. The third kappa shape index (κ3) is 4.13. The molecule has 84 valence electrons. The van der Waals surface area contributed by atoms with Crippen molar-refractivity contribution in [3.05, 3.63) is 11.1 Å². The molecule has 1 heterocycles. The van der Waals surface area contributed by atoms with Gasteiger partial charge >= 0.3 is 0 Å². The van der Waals surface area contributed by atoms with E-state index in [1.54, 1.807) is 0 Å². The van der Waals surface area contributed by atoms with Gasteiger partial charge in [0.15, 0.2) is 0 Å². The highest BCUT2D eigenvalue weighted by atomic mass is 35.5. The van der Waals surface area contributed by atoms with Crippen LogP contribution >= 0.6 is 23.1 Å². The number of carbonyl (C=O) groups excluding carboxylic acids is 1. The summed E-state index contributed by atoms with van der Waals surface area (Å²) in [5.74, 6) is 0.484. The summed E-state index contributed by atoms with van der Waals surface area (Å²) in [6.45, 7) is 4.75. The van der Waals surface area contributed by atoms with Gasteiger partial charge in [-0.2, -0.15) is 0 Å². The molecule has 0 unspecified atom stereocenters. The summed E-state index contributed by atoms with van der Waals surface area (Å²) in [7, 11) is 0. The molecule has 0 fully saturated rings. The van der Waals surface area contributed by atoms with Crippen molar-refractivity contribution in [2.75, 3.05) is 12.4 Å². The largest absolute Gasteiger partial charge is 0.351 e. The molecule has 0 atom stereocenters. The van der Waals surface area contributed by atoms with E-state index in [-0.39, 0.29) is 11.3 Å². The molecule has 15 heavy (non-hydrogen) atoms. The van der Waals surface area contributed by atoms with Crippen LogP contribution in [0.5, 0.6) is 0 Å². The number of amides is 1. The summed E-state index contributed by atoms with van der Waals surface area (Å²) in [6, 6.07) is 0. The van der Waals surface area contributed by atoms with Crippen molar-refractivity contribution < 1.29 is 4.79 Å². The van der Waals surface area contributed by atoms with Gasteiger partial charge in [0.1, 0.15) is 4.88 Å². The molecule has 0 spiro atoms. The zero-order chi connectivity index (χ0) is 11.3. The Morgan fingerprint density at radius 1 is 1.67 bits per heavy atom. The quantitative estimate of drug-likeness (QED) is 0.809. The molecule has 0 aliphatic carbocycles. The molecule has 1 amide bonds. The van der Waals surface area contributed by atoms with Gasteiger partial charge in [-0.05, 0) is 23.4 Å². The first-order valence-electron chi connectivity index (χ1n) is 4.67. The number of nitrogens with zero attached hydrogens (tertiary/aromatic N) is 2. The molecule has 0 aromatic carbocycles. The van der Waals surface area contributed by atoms with Crippen LogP contribution in [0.25, 0.3) is 0 Å². The Morgan fingerprint density at radius 3 is 2.93 bits per heavy atom. The average Bonchev–Trinajstić information content (AvgIpc) is 2.67. The molecular weight excluding hydrogens is 234 g/mol. The summed E-state index contributed by atoms with van der Waals surface area (Å²) in [5.41, 5.74) is 0.0233. The van der Waals surface area contributed by atoms with Gasteiger partial charge in [-0.3, -0.25) is 4.79 Å². The van der Waals surface area contributed by atoms with Crippen LogP contribution in [0.1, 0.15) is 29.9 Å². The predicted octanol–water partition coefficient (Wildman–Crippen LogP) is 1.92. The van der Waals surface area contributed by atoms with Gasteiger partial charge in [-0.1, -0.05) is 18.3 Å². The maximum Gasteiger partial charge on any atom is 0.264 e. The van der Waals surface area contributed by atoms with E-state index in [1.165, 1.54) is 6.20 Å². The van der Waals surface area contributed by atoms with Crippen LogP contribution in [0.3, 0.4) is 0 Å². The van der Waals surface area contributed by atoms with Crippen LogP contribution in [0.4, 0.5) is 0 Å². The van der Waals surface area contributed by atoms with E-state index >= 15 is 0 Å². The Balaban J connectivity index is 2.40. The van der Waals surface area contributed by atoms with Crippen LogP contribution in [0.2, 0.25) is 0 Å². The minimum absolute atomic E-state index is 0.0233. The molecule has 6 heteroatoms. The highest BCUT2D eigenvalue weighted by molar-refractivity contribution is 7.07. The van der Waals surface area contributed by atoms with E-state index in [1.807, 2.05) is 0 Å². The van der Waals surface area contributed by atoms with E-state index < -0.39 is 0 Å². The maximum atomic E-state index is 11.5. The summed E-state index contributed by atoms with van der Waals surface area (Å²) in [5, 5.41) is 6.45. The van der Waals surface area contributed by atoms with E-state index in [0.717, 1.165) is 18.0 Å². The van der Waals surface area contributed by atoms with Gasteiger partial charge in [-0.15, -0.1) is 16.7 Å². The number of hydrogen-bond donors (Lipinski definition) is 1. The lowest BCUT2D eigenvalue weighted by molar-refractivity contribution is 0.0939. The number of halogens is 1. The van der Waals surface area contributed by atoms with Crippen LogP contribution in [-0.4, -0.2) is 27.9 Å². The number of aromatic nitrogens is 2. The fourth-order valence-corrected chi connectivity index (χ4v) is 1.96. The fourth-order valence-electron chi connectivity index (χ4n) is 1.02. The zero-order valence-corrected chi connectivity index (χ0v) is 10.4. The first kappa shape index (κ1) is 12.4. The first-order chi connectivity index (χ1) is 7.05. The molecule has 0 saturated carbocycles. The van der Waals surface area contributed by atoms with Gasteiger partial charge in [0.2, 0.25) is 0 Å². The SMILES string of the molecule is CC(C)(CCCl)CNC(=O)c1cnns1. The van der Waals surface area contributed by atoms with Crippen molar-refractivity contribution in [1.29, 1.82) is 0 Å². The van der Waals surface area contributed by atoms with Crippen molar-refractivity contribution in [3.8, 4) is 0 Å². The van der Waals surface area contributed by atoms with Crippen molar-refractivity contribution in [1.82, 2.24) is 14.9 Å². The second kappa shape index (κ2) is 5.42. The Morgan fingerprint density at radius 2 is 2.40 bits per heavy atom. The standard InChI is InChI=1S/C9H14ClN3OS/c1-9(2,3-4-10)6-11-8(14)7-5-12-13-15-7/h5H,3-4,6H2,1-2H3,(H,11,14). The summed E-state index contributed by atoms with van der Waals surface area (Å²) < 4.78 is 3.63. The molecule has 0 saturated heterocycles. The second-order valence-electron chi connectivity index (χ2n) is 4.07. The van der Waals surface area contributed by atoms with E-state index in [0.29, 0.717) is 17.3 Å². The number of alkyl halides is 1. The molecule has 4 nitrogen and oxygen atoms in total. The van der Waals surface area contributed by atoms with Gasteiger partial charge in [0.25, 0.3) is 5.91 Å². The van der Waals surface area contributed by atoms with Crippen molar-refractivity contribution in [2.45, 2.75) is 20.3 Å². The maximum absolute atomic E-state index is 11.5. The second-order valence-corrected chi connectivity index (χ2v) is 5.23. The van der Waals surface area contributed by atoms with Crippen molar-refractivity contribution >= 4 is 29.0 Å². The third-order valence-electron chi connectivity index (χ3n) is 2.08. The number of nitrogens with one attached hydrogen (secondary N) is 1. The highest BCUT2D eigenvalue weighted by Gasteiger charge is 2.19. The molecule has 1 aromatic heterocycles. The monoisotopic (exact) mass is 247 g/mol. The average molecular weight is 248 g/mol. The molecule has 0 aliphatic rings. The molecule has 0 aliphatic heterocycles. The van der Waals surface area contributed by atoms with Gasteiger partial charge in [0, 0.05) is 12.4 Å². The molecule has 0 bridgehead atoms. The van der Waals surface area contributed by atoms with E-state index in [9.17, 15) is 4.79 Å². The fraction of sp³-hybridized carbons (Fsp3) is 0.667. The molecule has 1 aromatic rings. The highest BCUT2D eigenvalue weighted by Crippen LogP contribution is 2.19. The van der Waals surface area contributed by atoms with E-state index in [4.69, 9.17) is 11.6 Å². The minimum atomic E-state index is -0.118. The molecular formula is C9H14ClN3OS. The third-order valence-corrected chi connectivity index (χ3v) is 2.94. The normalized spacial score (nSPS) is 11.4. The first-order valence-corrected chi connectivity index (χ1v) is 5.97. The lowest BCUT2D eigenvalue weighted by Crippen LogP contribution is -2.33. The van der Waals surface area contributed by atoms with Gasteiger partial charge in [-0.25, -0.2) is 0 Å². The van der Waals surface area contributed by atoms with Gasteiger partial charge < -0.3 is 5.32 Å². The van der Waals surface area contributed by atoms with Crippen molar-refractivity contribution in [2.24, 2.45) is 5.41 Å². The zero-order valence-electron chi connectivity index (χ0n) is 8.79. The van der Waals surface area contributed by atoms with Crippen LogP contribution in [0, 0.1) is 5.41 Å². The summed E-state index contributed by atoms with van der Waals surface area (Å²) in [6.07, 6.45) is 2.34. The van der Waals surface area contributed by atoms with E-state index in [2.05, 4.69) is 28.8 Å². The van der Waals surface area contributed by atoms with Crippen LogP contribution < -0.4 is 5.32 Å². The molecule has 0 radical (unpaired) electrons. The lowest BCUT2D eigenvalue weighted by atomic mass is 9.90. The number of rotatable bonds is 5. The smallest absolute Gasteiger partial charge is 0.264 e. The summed E-state index contributed by atoms with van der Waals surface area (Å²) >= 11 is 6.77. The lowest BCUT2D eigenvalue weighted by Gasteiger charge is -2.23. The van der Waals surface area contributed by atoms with Crippen LogP contribution in [-0.2, 0) is 0 Å². The Bertz CT molecular complexity index is 313. The molecule has 1 rings (SSSR count). The number of hydrogen-bond acceptors (Lipinski definition) is 4. The van der Waals surface area contributed by atoms with Crippen molar-refractivity contribution in [3.63, 3.8) is 0 Å². The predicted molar refractivity (Wildman–Crippen MR) is 61.4 cm³/mol.